The van der Waals surface area contributed by atoms with Gasteiger partial charge in [0.05, 0.1) is 28.6 Å². The summed E-state index contributed by atoms with van der Waals surface area (Å²) in [4.78, 5) is 44.9. The third-order valence-electron chi connectivity index (χ3n) is 4.59. The highest BCUT2D eigenvalue weighted by Crippen LogP contribution is 2.29. The third-order valence-corrected chi connectivity index (χ3v) is 5.52. The average molecular weight is 410 g/mol. The summed E-state index contributed by atoms with van der Waals surface area (Å²) in [6, 6.07) is 12.2. The van der Waals surface area contributed by atoms with Crippen molar-refractivity contribution < 1.29 is 19.1 Å². The van der Waals surface area contributed by atoms with E-state index in [-0.39, 0.29) is 24.9 Å². The average Bonchev–Trinajstić information content (AvgIpc) is 3.08. The third kappa shape index (κ3) is 3.64. The van der Waals surface area contributed by atoms with Gasteiger partial charge >= 0.3 is 0 Å². The van der Waals surface area contributed by atoms with E-state index in [1.165, 1.54) is 21.1 Å². The summed E-state index contributed by atoms with van der Waals surface area (Å²) in [5.41, 5.74) is 1.56. The second-order valence-electron chi connectivity index (χ2n) is 6.56. The number of hydrogen-bond donors (Lipinski definition) is 1. The maximum Gasteiger partial charge on any atom is 0.256 e. The highest BCUT2D eigenvalue weighted by atomic mass is 32.1. The van der Waals surface area contributed by atoms with Gasteiger partial charge in [-0.3, -0.25) is 14.4 Å². The van der Waals surface area contributed by atoms with Crippen LogP contribution in [0.1, 0.15) is 10.4 Å². The fourth-order valence-electron chi connectivity index (χ4n) is 3.15. The Bertz CT molecular complexity index is 1130. The van der Waals surface area contributed by atoms with Crippen molar-refractivity contribution in [3.8, 4) is 5.75 Å². The molecule has 1 N–H and O–H groups in total. The van der Waals surface area contributed by atoms with E-state index in [4.69, 9.17) is 4.74 Å². The van der Waals surface area contributed by atoms with E-state index in [2.05, 4.69) is 10.3 Å². The Labute approximate surface area is 170 Å². The zero-order valence-corrected chi connectivity index (χ0v) is 16.7. The minimum Gasteiger partial charge on any atom is -0.497 e. The molecule has 148 valence electrons. The number of carbonyl (C=O) groups excluding carboxylic acids is 3. The van der Waals surface area contributed by atoms with Crippen LogP contribution in [0.2, 0.25) is 0 Å². The Kier molecular flexibility index (Phi) is 4.89. The normalized spacial score (nSPS) is 14.0. The van der Waals surface area contributed by atoms with Gasteiger partial charge in [0.2, 0.25) is 11.8 Å². The molecule has 29 heavy (non-hydrogen) atoms. The number of amides is 3. The van der Waals surface area contributed by atoms with E-state index in [9.17, 15) is 14.4 Å². The Morgan fingerprint density at radius 2 is 2.03 bits per heavy atom. The number of fused-ring (bicyclic) bond motifs is 2. The van der Waals surface area contributed by atoms with Crippen LogP contribution in [0.3, 0.4) is 0 Å². The van der Waals surface area contributed by atoms with E-state index in [1.807, 2.05) is 12.1 Å². The van der Waals surface area contributed by atoms with Crippen LogP contribution in [-0.2, 0) is 9.59 Å². The van der Waals surface area contributed by atoms with Gasteiger partial charge in [-0.1, -0.05) is 23.5 Å². The van der Waals surface area contributed by atoms with Gasteiger partial charge in [0, 0.05) is 7.05 Å². The summed E-state index contributed by atoms with van der Waals surface area (Å²) in [6.07, 6.45) is 0. The summed E-state index contributed by atoms with van der Waals surface area (Å²) in [6.45, 7) is -0.308. The van der Waals surface area contributed by atoms with Crippen LogP contribution in [0, 0.1) is 0 Å². The smallest absolute Gasteiger partial charge is 0.256 e. The Morgan fingerprint density at radius 1 is 1.24 bits per heavy atom. The molecule has 0 fully saturated rings. The number of anilines is 2. The molecule has 1 aliphatic heterocycles. The lowest BCUT2D eigenvalue weighted by Gasteiger charge is -2.21. The van der Waals surface area contributed by atoms with Crippen LogP contribution < -0.4 is 15.0 Å². The van der Waals surface area contributed by atoms with Crippen molar-refractivity contribution in [3.05, 3.63) is 48.0 Å². The summed E-state index contributed by atoms with van der Waals surface area (Å²) < 4.78 is 6.08. The molecule has 2 heterocycles. The number of aromatic nitrogens is 1. The van der Waals surface area contributed by atoms with Gasteiger partial charge in [-0.15, -0.1) is 0 Å². The first-order valence-electron chi connectivity index (χ1n) is 8.85. The maximum absolute atomic E-state index is 12.7. The van der Waals surface area contributed by atoms with E-state index in [0.717, 1.165) is 10.2 Å². The number of likely N-dealkylation sites (N-methyl/N-ethyl adjacent to an activating group) is 1. The molecule has 0 aliphatic carbocycles. The number of rotatable bonds is 4. The Hall–Kier alpha value is -3.46. The number of ether oxygens (including phenoxy) is 1. The van der Waals surface area contributed by atoms with Crippen LogP contribution >= 0.6 is 11.3 Å². The number of carbonyl (C=O) groups is 3. The van der Waals surface area contributed by atoms with Crippen LogP contribution in [0.5, 0.6) is 5.75 Å². The van der Waals surface area contributed by atoms with Gasteiger partial charge in [0.15, 0.2) is 5.13 Å². The second-order valence-corrected chi connectivity index (χ2v) is 7.59. The molecule has 0 radical (unpaired) electrons. The lowest BCUT2D eigenvalue weighted by atomic mass is 10.1. The number of thiazole rings is 1. The summed E-state index contributed by atoms with van der Waals surface area (Å²) in [5.74, 6) is -0.261. The fourth-order valence-corrected chi connectivity index (χ4v) is 4.06. The lowest BCUT2D eigenvalue weighted by Crippen LogP contribution is -2.41. The van der Waals surface area contributed by atoms with Crippen molar-refractivity contribution in [2.45, 2.75) is 0 Å². The van der Waals surface area contributed by atoms with Gasteiger partial charge < -0.3 is 19.9 Å². The predicted octanol–water partition coefficient (Wildman–Crippen LogP) is 2.36. The molecule has 4 rings (SSSR count). The number of benzene rings is 2. The van der Waals surface area contributed by atoms with Crippen molar-refractivity contribution in [2.75, 3.05) is 37.5 Å². The van der Waals surface area contributed by atoms with Gasteiger partial charge in [-0.2, -0.15) is 0 Å². The number of para-hydroxylation sites is 1. The summed E-state index contributed by atoms with van der Waals surface area (Å²) in [5, 5.41) is 3.18. The Balaban J connectivity index is 1.56. The molecule has 0 saturated heterocycles. The summed E-state index contributed by atoms with van der Waals surface area (Å²) >= 11 is 1.32. The van der Waals surface area contributed by atoms with Crippen LogP contribution in [0.4, 0.5) is 10.8 Å². The summed E-state index contributed by atoms with van der Waals surface area (Å²) in [7, 11) is 3.15. The number of hydrogen-bond acceptors (Lipinski definition) is 6. The van der Waals surface area contributed by atoms with E-state index >= 15 is 0 Å². The highest BCUT2D eigenvalue weighted by molar-refractivity contribution is 7.22. The first-order valence-corrected chi connectivity index (χ1v) is 9.67. The monoisotopic (exact) mass is 410 g/mol. The lowest BCUT2D eigenvalue weighted by molar-refractivity contribution is -0.121. The van der Waals surface area contributed by atoms with Gasteiger partial charge in [0.25, 0.3) is 5.91 Å². The molecule has 0 spiro atoms. The predicted molar refractivity (Wildman–Crippen MR) is 111 cm³/mol. The molecule has 1 aromatic heterocycles. The highest BCUT2D eigenvalue weighted by Gasteiger charge is 2.30. The first-order chi connectivity index (χ1) is 14.0. The van der Waals surface area contributed by atoms with Crippen molar-refractivity contribution in [3.63, 3.8) is 0 Å². The second kappa shape index (κ2) is 7.51. The van der Waals surface area contributed by atoms with E-state index in [0.29, 0.717) is 22.1 Å². The van der Waals surface area contributed by atoms with Crippen molar-refractivity contribution in [1.29, 1.82) is 0 Å². The fraction of sp³-hybridized carbons (Fsp3) is 0.200. The molecular weight excluding hydrogens is 392 g/mol. The van der Waals surface area contributed by atoms with Crippen molar-refractivity contribution in [1.82, 2.24) is 9.88 Å². The number of nitrogens with zero attached hydrogens (tertiary/aromatic N) is 3. The zero-order chi connectivity index (χ0) is 20.5. The topological polar surface area (TPSA) is 91.8 Å². The van der Waals surface area contributed by atoms with E-state index < -0.39 is 5.91 Å². The van der Waals surface area contributed by atoms with Crippen LogP contribution in [-0.4, -0.2) is 54.9 Å². The van der Waals surface area contributed by atoms with Crippen molar-refractivity contribution >= 4 is 50.1 Å². The quantitative estimate of drug-likeness (QED) is 0.713. The SMILES string of the molecule is COc1ccc2nc(NC(=O)CN3C(=O)CN(C)C(=O)c4ccccc43)sc2c1. The van der Waals surface area contributed by atoms with Gasteiger partial charge in [0.1, 0.15) is 18.8 Å². The van der Waals surface area contributed by atoms with E-state index in [1.54, 1.807) is 44.5 Å². The minimum absolute atomic E-state index is 0.0955. The minimum atomic E-state index is -0.392. The molecule has 0 unspecified atom stereocenters. The molecule has 0 atom stereocenters. The zero-order valence-electron chi connectivity index (χ0n) is 15.8. The first kappa shape index (κ1) is 18.9. The molecule has 3 aromatic rings. The Morgan fingerprint density at radius 3 is 2.83 bits per heavy atom. The standard InChI is InChI=1S/C20H18N4O4S/c1-23-11-18(26)24(15-6-4-3-5-13(15)19(23)27)10-17(25)22-20-21-14-8-7-12(28-2)9-16(14)29-20/h3-9H,10-11H2,1-2H3,(H,21,22,25). The molecule has 2 aromatic carbocycles. The van der Waals surface area contributed by atoms with Crippen LogP contribution in [0.25, 0.3) is 10.2 Å². The number of nitrogens with one attached hydrogen (secondary N) is 1. The van der Waals surface area contributed by atoms with Crippen LogP contribution in [0.15, 0.2) is 42.5 Å². The van der Waals surface area contributed by atoms with Gasteiger partial charge in [-0.25, -0.2) is 4.98 Å². The molecular formula is C20H18N4O4S. The van der Waals surface area contributed by atoms with Crippen molar-refractivity contribution in [2.24, 2.45) is 0 Å². The molecule has 0 bridgehead atoms. The molecule has 3 amide bonds. The molecule has 0 saturated carbocycles. The molecule has 9 heteroatoms. The molecule has 8 nitrogen and oxygen atoms in total. The maximum atomic E-state index is 12.7. The van der Waals surface area contributed by atoms with Gasteiger partial charge in [-0.05, 0) is 30.3 Å². The largest absolute Gasteiger partial charge is 0.497 e. The number of methoxy groups -OCH3 is 1. The molecule has 1 aliphatic rings.